The summed E-state index contributed by atoms with van der Waals surface area (Å²) in [6.45, 7) is 4.41. The molecule has 2 fully saturated rings. The van der Waals surface area contributed by atoms with Crippen molar-refractivity contribution in [1.29, 1.82) is 0 Å². The van der Waals surface area contributed by atoms with Crippen molar-refractivity contribution in [2.24, 2.45) is 0 Å². The molecule has 1 amide bonds. The summed E-state index contributed by atoms with van der Waals surface area (Å²) in [6, 6.07) is 15.3. The van der Waals surface area contributed by atoms with Crippen LogP contribution in [0.1, 0.15) is 24.8 Å². The van der Waals surface area contributed by atoms with Crippen molar-refractivity contribution < 1.29 is 9.18 Å². The van der Waals surface area contributed by atoms with Gasteiger partial charge in [-0.2, -0.15) is 0 Å². The van der Waals surface area contributed by atoms with E-state index in [0.29, 0.717) is 12.8 Å². The molecule has 0 unspecified atom stereocenters. The predicted octanol–water partition coefficient (Wildman–Crippen LogP) is 3.68. The molecule has 4 rings (SSSR count). The Morgan fingerprint density at radius 2 is 1.78 bits per heavy atom. The fraction of sp³-hybridized carbons (Fsp3) is 0.409. The predicted molar refractivity (Wildman–Crippen MR) is 107 cm³/mol. The minimum atomic E-state index is -0.263. The molecule has 27 heavy (non-hydrogen) atoms. The zero-order valence-corrected chi connectivity index (χ0v) is 15.5. The van der Waals surface area contributed by atoms with E-state index >= 15 is 0 Å². The quantitative estimate of drug-likeness (QED) is 0.846. The van der Waals surface area contributed by atoms with Gasteiger partial charge in [-0.25, -0.2) is 4.39 Å². The van der Waals surface area contributed by atoms with Gasteiger partial charge in [0.25, 0.3) is 0 Å². The zero-order chi connectivity index (χ0) is 18.6. The van der Waals surface area contributed by atoms with Crippen molar-refractivity contribution in [2.75, 3.05) is 36.4 Å². The van der Waals surface area contributed by atoms with E-state index in [1.54, 1.807) is 6.07 Å². The average Bonchev–Trinajstić information content (AvgIpc) is 3.53. The van der Waals surface area contributed by atoms with Gasteiger partial charge in [-0.15, -0.1) is 0 Å². The molecular weight excluding hydrogens is 341 g/mol. The third-order valence-electron chi connectivity index (χ3n) is 5.42. The molecule has 0 atom stereocenters. The number of nitrogens with one attached hydrogen (secondary N) is 1. The second-order valence-electron chi connectivity index (χ2n) is 7.48. The third kappa shape index (κ3) is 4.86. The first-order chi connectivity index (χ1) is 13.2. The molecule has 1 aliphatic carbocycles. The van der Waals surface area contributed by atoms with Crippen molar-refractivity contribution in [3.63, 3.8) is 0 Å². The van der Waals surface area contributed by atoms with Gasteiger partial charge in [-0.1, -0.05) is 12.1 Å². The molecule has 1 saturated carbocycles. The van der Waals surface area contributed by atoms with Crippen LogP contribution in [0, 0.1) is 5.82 Å². The van der Waals surface area contributed by atoms with Crippen LogP contribution in [-0.4, -0.2) is 43.0 Å². The lowest BCUT2D eigenvalue weighted by atomic mass is 10.1. The van der Waals surface area contributed by atoms with Crippen molar-refractivity contribution >= 4 is 17.3 Å². The van der Waals surface area contributed by atoms with Gasteiger partial charge < -0.3 is 10.2 Å². The smallest absolute Gasteiger partial charge is 0.224 e. The molecule has 2 aliphatic rings. The zero-order valence-electron chi connectivity index (χ0n) is 15.5. The summed E-state index contributed by atoms with van der Waals surface area (Å²) in [5.74, 6) is -0.313. The topological polar surface area (TPSA) is 35.6 Å². The Bertz CT molecular complexity index is 780. The summed E-state index contributed by atoms with van der Waals surface area (Å²) >= 11 is 0. The number of carbonyl (C=O) groups is 1. The van der Waals surface area contributed by atoms with Crippen LogP contribution in [0.15, 0.2) is 48.5 Å². The van der Waals surface area contributed by atoms with Gasteiger partial charge in [-0.3, -0.25) is 9.69 Å². The molecule has 142 valence electrons. The maximum Gasteiger partial charge on any atom is 0.224 e. The van der Waals surface area contributed by atoms with Crippen LogP contribution in [-0.2, 0) is 11.2 Å². The summed E-state index contributed by atoms with van der Waals surface area (Å²) in [6.07, 6.45) is 3.61. The maximum absolute atomic E-state index is 13.2. The van der Waals surface area contributed by atoms with Gasteiger partial charge >= 0.3 is 0 Å². The molecule has 0 spiro atoms. The van der Waals surface area contributed by atoms with Gasteiger partial charge in [0.1, 0.15) is 5.82 Å². The van der Waals surface area contributed by atoms with Crippen LogP contribution in [0.5, 0.6) is 0 Å². The molecule has 5 heteroatoms. The molecule has 1 saturated heterocycles. The molecule has 0 aromatic heterocycles. The molecule has 1 heterocycles. The van der Waals surface area contributed by atoms with Crippen LogP contribution in [0.2, 0.25) is 0 Å². The fourth-order valence-electron chi connectivity index (χ4n) is 3.71. The number of anilines is 2. The minimum absolute atomic E-state index is 0.0509. The highest BCUT2D eigenvalue weighted by atomic mass is 19.1. The lowest BCUT2D eigenvalue weighted by Crippen LogP contribution is -2.47. The van der Waals surface area contributed by atoms with E-state index in [2.05, 4.69) is 27.2 Å². The molecule has 2 aromatic carbocycles. The first-order valence-corrected chi connectivity index (χ1v) is 9.81. The normalized spacial score (nSPS) is 17.7. The van der Waals surface area contributed by atoms with E-state index in [4.69, 9.17) is 0 Å². The van der Waals surface area contributed by atoms with E-state index in [9.17, 15) is 9.18 Å². The standard InChI is InChI=1S/C22H26FN3O/c23-18-3-1-2-17(16-18)4-11-22(27)24-19-5-7-20(8-6-19)25-12-14-26(15-13-25)21-9-10-21/h1-3,5-8,16,21H,4,9-15H2,(H,24,27). The highest BCUT2D eigenvalue weighted by Crippen LogP contribution is 2.28. The molecule has 2 aromatic rings. The number of carbonyl (C=O) groups excluding carboxylic acids is 1. The summed E-state index contributed by atoms with van der Waals surface area (Å²) < 4.78 is 13.2. The van der Waals surface area contributed by atoms with Crippen molar-refractivity contribution in [2.45, 2.75) is 31.7 Å². The van der Waals surface area contributed by atoms with Crippen LogP contribution in [0.4, 0.5) is 15.8 Å². The van der Waals surface area contributed by atoms with E-state index in [-0.39, 0.29) is 11.7 Å². The Morgan fingerprint density at radius 1 is 1.04 bits per heavy atom. The first kappa shape index (κ1) is 18.0. The highest BCUT2D eigenvalue weighted by Gasteiger charge is 2.31. The molecule has 0 bridgehead atoms. The molecule has 1 aliphatic heterocycles. The van der Waals surface area contributed by atoms with Gasteiger partial charge in [0.2, 0.25) is 5.91 Å². The monoisotopic (exact) mass is 367 g/mol. The Hall–Kier alpha value is -2.40. The number of rotatable bonds is 6. The number of hydrogen-bond donors (Lipinski definition) is 1. The number of nitrogens with zero attached hydrogens (tertiary/aromatic N) is 2. The van der Waals surface area contributed by atoms with Crippen molar-refractivity contribution in [3.8, 4) is 0 Å². The lowest BCUT2D eigenvalue weighted by molar-refractivity contribution is -0.116. The second kappa shape index (κ2) is 8.09. The third-order valence-corrected chi connectivity index (χ3v) is 5.42. The van der Waals surface area contributed by atoms with Gasteiger partial charge in [0.05, 0.1) is 0 Å². The Balaban J connectivity index is 1.25. The first-order valence-electron chi connectivity index (χ1n) is 9.81. The molecule has 1 N–H and O–H groups in total. The van der Waals surface area contributed by atoms with Crippen LogP contribution >= 0.6 is 0 Å². The van der Waals surface area contributed by atoms with E-state index in [1.807, 2.05) is 18.2 Å². The second-order valence-corrected chi connectivity index (χ2v) is 7.48. The van der Waals surface area contributed by atoms with Crippen molar-refractivity contribution in [1.82, 2.24) is 4.90 Å². The maximum atomic E-state index is 13.2. The van der Waals surface area contributed by atoms with Gasteiger partial charge in [0, 0.05) is 50.0 Å². The number of hydrogen-bond acceptors (Lipinski definition) is 3. The van der Waals surface area contributed by atoms with Crippen LogP contribution in [0.3, 0.4) is 0 Å². The van der Waals surface area contributed by atoms with E-state index in [1.165, 1.54) is 30.7 Å². The lowest BCUT2D eigenvalue weighted by Gasteiger charge is -2.36. The van der Waals surface area contributed by atoms with Crippen LogP contribution in [0.25, 0.3) is 0 Å². The Morgan fingerprint density at radius 3 is 2.44 bits per heavy atom. The van der Waals surface area contributed by atoms with Crippen molar-refractivity contribution in [3.05, 3.63) is 59.9 Å². The number of halogens is 1. The van der Waals surface area contributed by atoms with E-state index in [0.717, 1.165) is 43.5 Å². The summed E-state index contributed by atoms with van der Waals surface area (Å²) in [7, 11) is 0. The molecule has 0 radical (unpaired) electrons. The molecular formula is C22H26FN3O. The average molecular weight is 367 g/mol. The largest absolute Gasteiger partial charge is 0.369 e. The minimum Gasteiger partial charge on any atom is -0.369 e. The summed E-state index contributed by atoms with van der Waals surface area (Å²) in [4.78, 5) is 17.2. The highest BCUT2D eigenvalue weighted by molar-refractivity contribution is 5.91. The SMILES string of the molecule is O=C(CCc1cccc(F)c1)Nc1ccc(N2CCN(C3CC3)CC2)cc1. The Kier molecular flexibility index (Phi) is 5.39. The van der Waals surface area contributed by atoms with E-state index < -0.39 is 0 Å². The number of piperazine rings is 1. The molecule has 4 nitrogen and oxygen atoms in total. The van der Waals surface area contributed by atoms with Gasteiger partial charge in [0.15, 0.2) is 0 Å². The number of aryl methyl sites for hydroxylation is 1. The summed E-state index contributed by atoms with van der Waals surface area (Å²) in [5, 5.41) is 2.93. The summed E-state index contributed by atoms with van der Waals surface area (Å²) in [5.41, 5.74) is 2.86. The van der Waals surface area contributed by atoms with Gasteiger partial charge in [-0.05, 0) is 61.2 Å². The van der Waals surface area contributed by atoms with Crippen LogP contribution < -0.4 is 10.2 Å². The number of amides is 1. The fourth-order valence-corrected chi connectivity index (χ4v) is 3.71. The Labute approximate surface area is 160 Å². The number of benzene rings is 2.